The van der Waals surface area contributed by atoms with Crippen LogP contribution in [0, 0.1) is 12.8 Å². The third-order valence-corrected chi connectivity index (χ3v) is 6.14. The molecule has 8 heteroatoms. The second kappa shape index (κ2) is 8.22. The van der Waals surface area contributed by atoms with Crippen LogP contribution >= 0.6 is 11.3 Å². The number of amides is 1. The van der Waals surface area contributed by atoms with Gasteiger partial charge in [0.05, 0.1) is 30.8 Å². The SMILES string of the molecule is Cc1csc(N2CCC(C(=O)Nc3ccc(N4CCOCC4)cn3)CC2)n1. The van der Waals surface area contributed by atoms with Gasteiger partial charge in [0, 0.05) is 37.5 Å². The van der Waals surface area contributed by atoms with Gasteiger partial charge in [0.25, 0.3) is 0 Å². The number of hydrogen-bond donors (Lipinski definition) is 1. The molecule has 2 saturated heterocycles. The minimum Gasteiger partial charge on any atom is -0.378 e. The molecule has 0 spiro atoms. The average molecular weight is 388 g/mol. The van der Waals surface area contributed by atoms with Crippen LogP contribution in [0.25, 0.3) is 0 Å². The summed E-state index contributed by atoms with van der Waals surface area (Å²) in [5.74, 6) is 0.717. The zero-order chi connectivity index (χ0) is 18.6. The second-order valence-electron chi connectivity index (χ2n) is 7.02. The normalized spacial score (nSPS) is 18.6. The summed E-state index contributed by atoms with van der Waals surface area (Å²) < 4.78 is 5.38. The van der Waals surface area contributed by atoms with Crippen LogP contribution in [0.2, 0.25) is 0 Å². The van der Waals surface area contributed by atoms with Crippen molar-refractivity contribution in [1.29, 1.82) is 0 Å². The molecule has 2 fully saturated rings. The lowest BCUT2D eigenvalue weighted by atomic mass is 9.96. The molecule has 2 aromatic heterocycles. The molecule has 1 N–H and O–H groups in total. The summed E-state index contributed by atoms with van der Waals surface area (Å²) in [4.78, 5) is 26.1. The molecule has 2 aliphatic rings. The Labute approximate surface area is 163 Å². The van der Waals surface area contributed by atoms with Gasteiger partial charge < -0.3 is 19.9 Å². The predicted molar refractivity (Wildman–Crippen MR) is 108 cm³/mol. The molecule has 7 nitrogen and oxygen atoms in total. The van der Waals surface area contributed by atoms with Gasteiger partial charge in [-0.25, -0.2) is 9.97 Å². The van der Waals surface area contributed by atoms with E-state index in [1.165, 1.54) is 0 Å². The van der Waals surface area contributed by atoms with Crippen molar-refractivity contribution in [3.8, 4) is 0 Å². The van der Waals surface area contributed by atoms with E-state index in [0.717, 1.165) is 68.7 Å². The Morgan fingerprint density at radius 1 is 1.19 bits per heavy atom. The summed E-state index contributed by atoms with van der Waals surface area (Å²) in [7, 11) is 0. The Hall–Kier alpha value is -2.19. The summed E-state index contributed by atoms with van der Waals surface area (Å²) in [6.07, 6.45) is 3.51. The minimum atomic E-state index is 0.0306. The summed E-state index contributed by atoms with van der Waals surface area (Å²) >= 11 is 1.67. The van der Waals surface area contributed by atoms with E-state index >= 15 is 0 Å². The molecule has 0 bridgehead atoms. The van der Waals surface area contributed by atoms with Gasteiger partial charge in [-0.2, -0.15) is 0 Å². The summed E-state index contributed by atoms with van der Waals surface area (Å²) in [5, 5.41) is 6.11. The Bertz CT molecular complexity index is 765. The van der Waals surface area contributed by atoms with E-state index in [1.54, 1.807) is 11.3 Å². The molecule has 27 heavy (non-hydrogen) atoms. The van der Waals surface area contributed by atoms with Crippen molar-refractivity contribution < 1.29 is 9.53 Å². The van der Waals surface area contributed by atoms with Crippen LogP contribution in [-0.4, -0.2) is 55.3 Å². The highest BCUT2D eigenvalue weighted by Gasteiger charge is 2.26. The van der Waals surface area contributed by atoms with Crippen molar-refractivity contribution >= 4 is 33.9 Å². The fourth-order valence-electron chi connectivity index (χ4n) is 3.52. The molecule has 4 heterocycles. The smallest absolute Gasteiger partial charge is 0.228 e. The lowest BCUT2D eigenvalue weighted by Crippen LogP contribution is -2.38. The predicted octanol–water partition coefficient (Wildman–Crippen LogP) is 2.54. The van der Waals surface area contributed by atoms with Crippen LogP contribution in [-0.2, 0) is 9.53 Å². The average Bonchev–Trinajstić information content (AvgIpc) is 3.16. The van der Waals surface area contributed by atoms with Gasteiger partial charge in [-0.1, -0.05) is 0 Å². The molecule has 4 rings (SSSR count). The monoisotopic (exact) mass is 387 g/mol. The summed E-state index contributed by atoms with van der Waals surface area (Å²) in [6.45, 7) is 7.01. The van der Waals surface area contributed by atoms with Crippen LogP contribution < -0.4 is 15.1 Å². The summed E-state index contributed by atoms with van der Waals surface area (Å²) in [6, 6.07) is 3.90. The topological polar surface area (TPSA) is 70.6 Å². The highest BCUT2D eigenvalue weighted by atomic mass is 32.1. The second-order valence-corrected chi connectivity index (χ2v) is 7.86. The molecule has 0 unspecified atom stereocenters. The Morgan fingerprint density at radius 3 is 2.59 bits per heavy atom. The number of rotatable bonds is 4. The fraction of sp³-hybridized carbons (Fsp3) is 0.526. The number of nitrogens with zero attached hydrogens (tertiary/aromatic N) is 4. The molecule has 2 aliphatic heterocycles. The zero-order valence-electron chi connectivity index (χ0n) is 15.6. The third-order valence-electron chi connectivity index (χ3n) is 5.12. The van der Waals surface area contributed by atoms with Crippen LogP contribution in [0.4, 0.5) is 16.6 Å². The largest absolute Gasteiger partial charge is 0.378 e. The quantitative estimate of drug-likeness (QED) is 0.869. The first-order chi connectivity index (χ1) is 13.2. The van der Waals surface area contributed by atoms with Gasteiger partial charge >= 0.3 is 0 Å². The van der Waals surface area contributed by atoms with E-state index in [2.05, 4.69) is 30.5 Å². The van der Waals surface area contributed by atoms with Crippen LogP contribution in [0.3, 0.4) is 0 Å². The highest BCUT2D eigenvalue weighted by Crippen LogP contribution is 2.27. The van der Waals surface area contributed by atoms with Crippen LogP contribution in [0.15, 0.2) is 23.7 Å². The first kappa shape index (κ1) is 18.2. The number of hydrogen-bond acceptors (Lipinski definition) is 7. The number of nitrogens with one attached hydrogen (secondary N) is 1. The van der Waals surface area contributed by atoms with Gasteiger partial charge in [0.1, 0.15) is 5.82 Å². The Kier molecular flexibility index (Phi) is 5.54. The lowest BCUT2D eigenvalue weighted by Gasteiger charge is -2.31. The molecule has 0 aliphatic carbocycles. The summed E-state index contributed by atoms with van der Waals surface area (Å²) in [5.41, 5.74) is 2.13. The molecule has 0 saturated carbocycles. The van der Waals surface area contributed by atoms with E-state index in [9.17, 15) is 4.79 Å². The number of carbonyl (C=O) groups is 1. The van der Waals surface area contributed by atoms with Gasteiger partial charge in [-0.05, 0) is 31.9 Å². The van der Waals surface area contributed by atoms with Crippen molar-refractivity contribution in [2.24, 2.45) is 5.92 Å². The van der Waals surface area contributed by atoms with Gasteiger partial charge in [0.2, 0.25) is 5.91 Å². The number of ether oxygens (including phenoxy) is 1. The Morgan fingerprint density at radius 2 is 1.96 bits per heavy atom. The zero-order valence-corrected chi connectivity index (χ0v) is 16.4. The van der Waals surface area contributed by atoms with Gasteiger partial charge in [-0.15, -0.1) is 11.3 Å². The molecule has 2 aromatic rings. The molecular weight excluding hydrogens is 362 g/mol. The first-order valence-electron chi connectivity index (χ1n) is 9.46. The molecular formula is C19H25N5O2S. The van der Waals surface area contributed by atoms with E-state index in [1.807, 2.05) is 25.3 Å². The van der Waals surface area contributed by atoms with Crippen molar-refractivity contribution in [3.63, 3.8) is 0 Å². The van der Waals surface area contributed by atoms with Crippen molar-refractivity contribution in [3.05, 3.63) is 29.4 Å². The van der Waals surface area contributed by atoms with E-state index in [0.29, 0.717) is 5.82 Å². The number of aryl methyl sites for hydroxylation is 1. The highest BCUT2D eigenvalue weighted by molar-refractivity contribution is 7.13. The van der Waals surface area contributed by atoms with E-state index in [-0.39, 0.29) is 11.8 Å². The number of carbonyl (C=O) groups excluding carboxylic acids is 1. The first-order valence-corrected chi connectivity index (χ1v) is 10.3. The number of thiazole rings is 1. The molecule has 1 amide bonds. The van der Waals surface area contributed by atoms with Gasteiger partial charge in [0.15, 0.2) is 5.13 Å². The number of aromatic nitrogens is 2. The number of pyridine rings is 1. The van der Waals surface area contributed by atoms with Crippen molar-refractivity contribution in [2.45, 2.75) is 19.8 Å². The maximum absolute atomic E-state index is 12.6. The minimum absolute atomic E-state index is 0.0306. The van der Waals surface area contributed by atoms with Crippen molar-refractivity contribution in [2.75, 3.05) is 54.5 Å². The van der Waals surface area contributed by atoms with Gasteiger partial charge in [-0.3, -0.25) is 4.79 Å². The maximum Gasteiger partial charge on any atom is 0.228 e. The number of piperidine rings is 1. The molecule has 0 atom stereocenters. The Balaban J connectivity index is 1.29. The fourth-order valence-corrected chi connectivity index (χ4v) is 4.37. The van der Waals surface area contributed by atoms with E-state index in [4.69, 9.17) is 4.74 Å². The molecule has 0 radical (unpaired) electrons. The lowest BCUT2D eigenvalue weighted by molar-refractivity contribution is -0.120. The third kappa shape index (κ3) is 4.39. The maximum atomic E-state index is 12.6. The number of anilines is 3. The standard InChI is InChI=1S/C19H25N5O2S/c1-14-13-27-19(21-14)24-6-4-15(5-7-24)18(25)22-17-3-2-16(12-20-17)23-8-10-26-11-9-23/h2-3,12-13,15H,4-11H2,1H3,(H,20,22,25). The number of morpholine rings is 1. The van der Waals surface area contributed by atoms with Crippen molar-refractivity contribution in [1.82, 2.24) is 9.97 Å². The van der Waals surface area contributed by atoms with Crippen LogP contribution in [0.1, 0.15) is 18.5 Å². The van der Waals surface area contributed by atoms with E-state index < -0.39 is 0 Å². The van der Waals surface area contributed by atoms with Crippen LogP contribution in [0.5, 0.6) is 0 Å². The molecule has 144 valence electrons. The molecule has 0 aromatic carbocycles.